The van der Waals surface area contributed by atoms with Crippen LogP contribution in [0.5, 0.6) is 5.75 Å². The Balaban J connectivity index is 1.45. The maximum atomic E-state index is 10.9. The highest BCUT2D eigenvalue weighted by Gasteiger charge is 2.05. The fourth-order valence-corrected chi connectivity index (χ4v) is 2.12. The molecule has 0 fully saturated rings. The number of hydrogen-bond acceptors (Lipinski definition) is 5. The first-order chi connectivity index (χ1) is 11.2. The SMILES string of the molecule is O=C(O)c1cccc(OCCCNc2nc3ccccc3o2)c1. The number of aromatic carboxylic acids is 1. The van der Waals surface area contributed by atoms with Gasteiger partial charge in [-0.25, -0.2) is 4.79 Å². The third-order valence-corrected chi connectivity index (χ3v) is 3.24. The first-order valence-corrected chi connectivity index (χ1v) is 7.28. The summed E-state index contributed by atoms with van der Waals surface area (Å²) < 4.78 is 11.1. The van der Waals surface area contributed by atoms with E-state index in [2.05, 4.69) is 10.3 Å². The molecule has 2 N–H and O–H groups in total. The summed E-state index contributed by atoms with van der Waals surface area (Å²) in [4.78, 5) is 15.2. The van der Waals surface area contributed by atoms with E-state index in [4.69, 9.17) is 14.3 Å². The third-order valence-electron chi connectivity index (χ3n) is 3.24. The lowest BCUT2D eigenvalue weighted by Gasteiger charge is -2.07. The number of carboxylic acid groups (broad SMARTS) is 1. The summed E-state index contributed by atoms with van der Waals surface area (Å²) in [5.41, 5.74) is 1.78. The fraction of sp³-hybridized carbons (Fsp3) is 0.176. The summed E-state index contributed by atoms with van der Waals surface area (Å²) in [7, 11) is 0. The Labute approximate surface area is 132 Å². The number of rotatable bonds is 7. The van der Waals surface area contributed by atoms with Crippen molar-refractivity contribution < 1.29 is 19.1 Å². The molecule has 0 saturated heterocycles. The molecule has 0 saturated carbocycles. The van der Waals surface area contributed by atoms with E-state index in [1.54, 1.807) is 12.1 Å². The number of para-hydroxylation sites is 2. The molecule has 0 aliphatic carbocycles. The van der Waals surface area contributed by atoms with E-state index in [0.29, 0.717) is 24.9 Å². The summed E-state index contributed by atoms with van der Waals surface area (Å²) in [6, 6.07) is 14.5. The van der Waals surface area contributed by atoms with Gasteiger partial charge in [-0.05, 0) is 36.8 Å². The molecule has 3 aromatic rings. The van der Waals surface area contributed by atoms with Gasteiger partial charge in [-0.3, -0.25) is 0 Å². The number of carbonyl (C=O) groups is 1. The largest absolute Gasteiger partial charge is 0.494 e. The molecular formula is C17H16N2O4. The van der Waals surface area contributed by atoms with Gasteiger partial charge in [0, 0.05) is 6.54 Å². The van der Waals surface area contributed by atoms with Crippen LogP contribution >= 0.6 is 0 Å². The third kappa shape index (κ3) is 3.79. The molecule has 2 aromatic carbocycles. The van der Waals surface area contributed by atoms with Crippen LogP contribution < -0.4 is 10.1 Å². The number of carboxylic acids is 1. The molecule has 0 atom stereocenters. The van der Waals surface area contributed by atoms with Crippen LogP contribution in [0.3, 0.4) is 0 Å². The van der Waals surface area contributed by atoms with Crippen LogP contribution in [-0.4, -0.2) is 29.2 Å². The highest BCUT2D eigenvalue weighted by molar-refractivity contribution is 5.88. The predicted octanol–water partition coefficient (Wildman–Crippen LogP) is 3.41. The van der Waals surface area contributed by atoms with E-state index < -0.39 is 5.97 Å². The minimum absolute atomic E-state index is 0.215. The number of fused-ring (bicyclic) bond motifs is 1. The van der Waals surface area contributed by atoms with Gasteiger partial charge < -0.3 is 19.6 Å². The van der Waals surface area contributed by atoms with Crippen molar-refractivity contribution in [3.63, 3.8) is 0 Å². The highest BCUT2D eigenvalue weighted by atomic mass is 16.5. The van der Waals surface area contributed by atoms with Crippen molar-refractivity contribution in [3.05, 3.63) is 54.1 Å². The molecule has 3 rings (SSSR count). The minimum atomic E-state index is -0.965. The van der Waals surface area contributed by atoms with Crippen molar-refractivity contribution in [1.29, 1.82) is 0 Å². The van der Waals surface area contributed by atoms with Gasteiger partial charge in [0.05, 0.1) is 12.2 Å². The number of ether oxygens (including phenoxy) is 1. The van der Waals surface area contributed by atoms with E-state index in [9.17, 15) is 4.79 Å². The molecule has 23 heavy (non-hydrogen) atoms. The van der Waals surface area contributed by atoms with E-state index in [1.165, 1.54) is 12.1 Å². The van der Waals surface area contributed by atoms with Crippen LogP contribution in [0.1, 0.15) is 16.8 Å². The lowest BCUT2D eigenvalue weighted by molar-refractivity contribution is 0.0696. The van der Waals surface area contributed by atoms with Crippen molar-refractivity contribution in [2.75, 3.05) is 18.5 Å². The quantitative estimate of drug-likeness (QED) is 0.650. The lowest BCUT2D eigenvalue weighted by atomic mass is 10.2. The molecule has 1 heterocycles. The molecule has 6 nitrogen and oxygen atoms in total. The standard InChI is InChI=1S/C17H16N2O4/c20-16(21)12-5-3-6-13(11-12)22-10-4-9-18-17-19-14-7-1-2-8-15(14)23-17/h1-3,5-8,11H,4,9-10H2,(H,18,19)(H,20,21). The summed E-state index contributed by atoms with van der Waals surface area (Å²) in [6.07, 6.45) is 0.732. The van der Waals surface area contributed by atoms with Gasteiger partial charge in [-0.2, -0.15) is 4.98 Å². The van der Waals surface area contributed by atoms with E-state index in [1.807, 2.05) is 24.3 Å². The van der Waals surface area contributed by atoms with Gasteiger partial charge in [-0.1, -0.05) is 18.2 Å². The first-order valence-electron chi connectivity index (χ1n) is 7.28. The zero-order valence-corrected chi connectivity index (χ0v) is 12.4. The average molecular weight is 312 g/mol. The zero-order chi connectivity index (χ0) is 16.1. The second-order valence-electron chi connectivity index (χ2n) is 4.95. The Bertz CT molecular complexity index is 780. The van der Waals surface area contributed by atoms with Gasteiger partial charge in [0.25, 0.3) is 6.01 Å². The van der Waals surface area contributed by atoms with Gasteiger partial charge in [-0.15, -0.1) is 0 Å². The molecule has 118 valence electrons. The molecule has 0 amide bonds. The molecule has 0 aliphatic heterocycles. The number of hydrogen-bond donors (Lipinski definition) is 2. The fourth-order valence-electron chi connectivity index (χ4n) is 2.12. The second-order valence-corrected chi connectivity index (χ2v) is 4.95. The molecule has 0 bridgehead atoms. The van der Waals surface area contributed by atoms with E-state index in [-0.39, 0.29) is 5.56 Å². The average Bonchev–Trinajstić information content (AvgIpc) is 2.97. The van der Waals surface area contributed by atoms with Crippen molar-refractivity contribution in [2.45, 2.75) is 6.42 Å². The monoisotopic (exact) mass is 312 g/mol. The van der Waals surface area contributed by atoms with Crippen molar-refractivity contribution >= 4 is 23.1 Å². The number of aromatic nitrogens is 1. The predicted molar refractivity (Wildman–Crippen MR) is 86.0 cm³/mol. The molecular weight excluding hydrogens is 296 g/mol. The number of oxazole rings is 1. The Morgan fingerprint density at radius 1 is 1.22 bits per heavy atom. The van der Waals surface area contributed by atoms with Gasteiger partial charge >= 0.3 is 5.97 Å². The van der Waals surface area contributed by atoms with Gasteiger partial charge in [0.15, 0.2) is 5.58 Å². The van der Waals surface area contributed by atoms with E-state index in [0.717, 1.165) is 17.5 Å². The smallest absolute Gasteiger partial charge is 0.335 e. The Morgan fingerprint density at radius 3 is 2.91 bits per heavy atom. The summed E-state index contributed by atoms with van der Waals surface area (Å²) in [5, 5.41) is 12.0. The summed E-state index contributed by atoms with van der Waals surface area (Å²) in [6.45, 7) is 1.11. The van der Waals surface area contributed by atoms with Crippen LogP contribution in [0.2, 0.25) is 0 Å². The molecule has 0 unspecified atom stereocenters. The maximum absolute atomic E-state index is 10.9. The number of benzene rings is 2. The second kappa shape index (κ2) is 6.83. The Hall–Kier alpha value is -3.02. The molecule has 1 aromatic heterocycles. The van der Waals surface area contributed by atoms with Crippen molar-refractivity contribution in [3.8, 4) is 5.75 Å². The van der Waals surface area contributed by atoms with Crippen LogP contribution in [0.15, 0.2) is 52.9 Å². The zero-order valence-electron chi connectivity index (χ0n) is 12.4. The minimum Gasteiger partial charge on any atom is -0.494 e. The molecule has 0 radical (unpaired) electrons. The highest BCUT2D eigenvalue weighted by Crippen LogP contribution is 2.18. The van der Waals surface area contributed by atoms with Crippen LogP contribution in [0, 0.1) is 0 Å². The summed E-state index contributed by atoms with van der Waals surface area (Å²) >= 11 is 0. The molecule has 6 heteroatoms. The van der Waals surface area contributed by atoms with Gasteiger partial charge in [0.2, 0.25) is 0 Å². The first kappa shape index (κ1) is 14.9. The van der Waals surface area contributed by atoms with Crippen molar-refractivity contribution in [2.24, 2.45) is 0 Å². The Morgan fingerprint density at radius 2 is 2.09 bits per heavy atom. The van der Waals surface area contributed by atoms with Crippen LogP contribution in [-0.2, 0) is 0 Å². The number of nitrogens with zero attached hydrogens (tertiary/aromatic N) is 1. The van der Waals surface area contributed by atoms with E-state index >= 15 is 0 Å². The molecule has 0 aliphatic rings. The maximum Gasteiger partial charge on any atom is 0.335 e. The lowest BCUT2D eigenvalue weighted by Crippen LogP contribution is -2.07. The van der Waals surface area contributed by atoms with Gasteiger partial charge in [0.1, 0.15) is 11.3 Å². The summed E-state index contributed by atoms with van der Waals surface area (Å²) in [5.74, 6) is -0.417. The van der Waals surface area contributed by atoms with Crippen LogP contribution in [0.25, 0.3) is 11.1 Å². The number of anilines is 1. The van der Waals surface area contributed by atoms with Crippen LogP contribution in [0.4, 0.5) is 6.01 Å². The Kier molecular flexibility index (Phi) is 4.42. The topological polar surface area (TPSA) is 84.6 Å². The number of nitrogens with one attached hydrogen (secondary N) is 1. The normalized spacial score (nSPS) is 10.6. The molecule has 0 spiro atoms. The van der Waals surface area contributed by atoms with Crippen molar-refractivity contribution in [1.82, 2.24) is 4.98 Å².